The minimum absolute atomic E-state index is 0.123. The summed E-state index contributed by atoms with van der Waals surface area (Å²) in [5.41, 5.74) is 0.889. The van der Waals surface area contributed by atoms with Gasteiger partial charge in [0.25, 0.3) is 11.8 Å². The van der Waals surface area contributed by atoms with Crippen LogP contribution in [0.3, 0.4) is 0 Å². The number of carbonyl (C=O) groups excluding carboxylic acids is 4. The molecule has 8 heteroatoms. The molecule has 1 aromatic carbocycles. The topological polar surface area (TPSA) is 102 Å². The van der Waals surface area contributed by atoms with Gasteiger partial charge in [0.2, 0.25) is 0 Å². The van der Waals surface area contributed by atoms with Crippen LogP contribution in [0.1, 0.15) is 33.9 Å². The van der Waals surface area contributed by atoms with Crippen LogP contribution in [-0.4, -0.2) is 36.2 Å². The maximum atomic E-state index is 12.1. The highest BCUT2D eigenvalue weighted by Crippen LogP contribution is 2.12. The minimum Gasteiger partial charge on any atom is -0.451 e. The van der Waals surface area contributed by atoms with Gasteiger partial charge in [-0.25, -0.2) is 0 Å². The standard InChI is InChI=1S/C18H18N2O5S/c1-11(21)13-5-3-6-14(9-13)20-17(23)12(2)25-16(22)10-19-18(24)15-7-4-8-26-15/h3-9,12H,10H2,1-2H3,(H,19,24)(H,20,23)/t12-/m0/s1. The third-order valence-electron chi connectivity index (χ3n) is 3.35. The van der Waals surface area contributed by atoms with Gasteiger partial charge in [0.15, 0.2) is 11.9 Å². The Bertz CT molecular complexity index is 817. The van der Waals surface area contributed by atoms with Crippen molar-refractivity contribution < 1.29 is 23.9 Å². The average molecular weight is 374 g/mol. The van der Waals surface area contributed by atoms with E-state index in [0.717, 1.165) is 0 Å². The Morgan fingerprint density at radius 2 is 1.92 bits per heavy atom. The predicted octanol–water partition coefficient (Wildman–Crippen LogP) is 2.25. The number of rotatable bonds is 7. The molecule has 2 aromatic rings. The van der Waals surface area contributed by atoms with Crippen LogP contribution in [0.2, 0.25) is 0 Å². The van der Waals surface area contributed by atoms with Crippen molar-refractivity contribution in [3.8, 4) is 0 Å². The lowest BCUT2D eigenvalue weighted by atomic mass is 10.1. The van der Waals surface area contributed by atoms with E-state index in [1.54, 1.807) is 35.7 Å². The molecule has 136 valence electrons. The van der Waals surface area contributed by atoms with Gasteiger partial charge in [-0.05, 0) is 37.4 Å². The summed E-state index contributed by atoms with van der Waals surface area (Å²) in [4.78, 5) is 47.4. The quantitative estimate of drug-likeness (QED) is 0.572. The molecule has 2 rings (SSSR count). The fourth-order valence-electron chi connectivity index (χ4n) is 2.00. The van der Waals surface area contributed by atoms with Crippen molar-refractivity contribution in [3.05, 3.63) is 52.2 Å². The number of amides is 2. The van der Waals surface area contributed by atoms with E-state index in [1.807, 2.05) is 0 Å². The number of esters is 1. The summed E-state index contributed by atoms with van der Waals surface area (Å²) >= 11 is 1.25. The second-order valence-corrected chi connectivity index (χ2v) is 6.37. The molecule has 1 aromatic heterocycles. The van der Waals surface area contributed by atoms with Crippen LogP contribution in [0, 0.1) is 0 Å². The maximum Gasteiger partial charge on any atom is 0.326 e. The molecule has 2 amide bonds. The zero-order valence-electron chi connectivity index (χ0n) is 14.3. The first-order valence-electron chi connectivity index (χ1n) is 7.80. The van der Waals surface area contributed by atoms with E-state index in [2.05, 4.69) is 10.6 Å². The van der Waals surface area contributed by atoms with Gasteiger partial charge in [-0.2, -0.15) is 0 Å². The van der Waals surface area contributed by atoms with Crippen molar-refractivity contribution in [2.24, 2.45) is 0 Å². The van der Waals surface area contributed by atoms with Crippen molar-refractivity contribution in [2.45, 2.75) is 20.0 Å². The van der Waals surface area contributed by atoms with Gasteiger partial charge in [-0.15, -0.1) is 11.3 Å². The van der Waals surface area contributed by atoms with Crippen LogP contribution in [0.15, 0.2) is 41.8 Å². The number of ether oxygens (including phenoxy) is 1. The molecule has 26 heavy (non-hydrogen) atoms. The summed E-state index contributed by atoms with van der Waals surface area (Å²) in [6.45, 7) is 2.51. The van der Waals surface area contributed by atoms with Crippen molar-refractivity contribution in [1.82, 2.24) is 5.32 Å². The number of Topliss-reactive ketones (excluding diaryl/α,β-unsaturated/α-hetero) is 1. The zero-order chi connectivity index (χ0) is 19.1. The number of ketones is 1. The van der Waals surface area contributed by atoms with Gasteiger partial charge in [0.05, 0.1) is 4.88 Å². The second-order valence-electron chi connectivity index (χ2n) is 5.42. The van der Waals surface area contributed by atoms with Crippen LogP contribution < -0.4 is 10.6 Å². The number of carbonyl (C=O) groups is 4. The Morgan fingerprint density at radius 1 is 1.15 bits per heavy atom. The van der Waals surface area contributed by atoms with Gasteiger partial charge in [0.1, 0.15) is 6.54 Å². The van der Waals surface area contributed by atoms with Crippen molar-refractivity contribution in [1.29, 1.82) is 0 Å². The highest BCUT2D eigenvalue weighted by molar-refractivity contribution is 7.12. The Hall–Kier alpha value is -3.00. The molecule has 0 fully saturated rings. The third-order valence-corrected chi connectivity index (χ3v) is 4.22. The van der Waals surface area contributed by atoms with Gasteiger partial charge in [0, 0.05) is 11.3 Å². The molecule has 0 aliphatic rings. The highest BCUT2D eigenvalue weighted by atomic mass is 32.1. The Balaban J connectivity index is 1.82. The van der Waals surface area contributed by atoms with Crippen LogP contribution in [-0.2, 0) is 14.3 Å². The normalized spacial score (nSPS) is 11.3. The van der Waals surface area contributed by atoms with Crippen molar-refractivity contribution in [2.75, 3.05) is 11.9 Å². The number of hydrogen-bond donors (Lipinski definition) is 2. The number of nitrogens with one attached hydrogen (secondary N) is 2. The molecule has 0 aliphatic heterocycles. The van der Waals surface area contributed by atoms with E-state index < -0.39 is 18.0 Å². The summed E-state index contributed by atoms with van der Waals surface area (Å²) in [6.07, 6.45) is -1.05. The van der Waals surface area contributed by atoms with Crippen LogP contribution in [0.4, 0.5) is 5.69 Å². The number of thiophene rings is 1. The summed E-state index contributed by atoms with van der Waals surface area (Å²) in [6, 6.07) is 9.80. The summed E-state index contributed by atoms with van der Waals surface area (Å²) in [5.74, 6) is -1.77. The summed E-state index contributed by atoms with van der Waals surface area (Å²) < 4.78 is 5.00. The van der Waals surface area contributed by atoms with E-state index in [-0.39, 0.29) is 18.2 Å². The first kappa shape index (κ1) is 19.3. The van der Waals surface area contributed by atoms with Gasteiger partial charge >= 0.3 is 5.97 Å². The molecule has 0 saturated carbocycles. The molecule has 2 N–H and O–H groups in total. The molecule has 0 bridgehead atoms. The Morgan fingerprint density at radius 3 is 2.58 bits per heavy atom. The van der Waals surface area contributed by atoms with E-state index in [0.29, 0.717) is 16.1 Å². The van der Waals surface area contributed by atoms with Crippen molar-refractivity contribution in [3.63, 3.8) is 0 Å². The third kappa shape index (κ3) is 5.52. The number of hydrogen-bond acceptors (Lipinski definition) is 6. The lowest BCUT2D eigenvalue weighted by Crippen LogP contribution is -2.35. The minimum atomic E-state index is -1.05. The maximum absolute atomic E-state index is 12.1. The lowest BCUT2D eigenvalue weighted by Gasteiger charge is -2.14. The fraction of sp³-hybridized carbons (Fsp3) is 0.222. The highest BCUT2D eigenvalue weighted by Gasteiger charge is 2.19. The van der Waals surface area contributed by atoms with Crippen molar-refractivity contribution >= 4 is 40.6 Å². The van der Waals surface area contributed by atoms with Gasteiger partial charge in [-0.3, -0.25) is 19.2 Å². The first-order chi connectivity index (χ1) is 12.4. The Kier molecular flexibility index (Phi) is 6.62. The summed E-state index contributed by atoms with van der Waals surface area (Å²) in [5, 5.41) is 6.75. The monoisotopic (exact) mass is 374 g/mol. The molecule has 0 spiro atoms. The molecule has 0 aliphatic carbocycles. The molecular weight excluding hydrogens is 356 g/mol. The average Bonchev–Trinajstić information content (AvgIpc) is 3.14. The molecule has 7 nitrogen and oxygen atoms in total. The number of anilines is 1. The van der Waals surface area contributed by atoms with E-state index in [9.17, 15) is 19.2 Å². The molecule has 0 radical (unpaired) electrons. The summed E-state index contributed by atoms with van der Waals surface area (Å²) in [7, 11) is 0. The SMILES string of the molecule is CC(=O)c1cccc(NC(=O)[C@H](C)OC(=O)CNC(=O)c2cccs2)c1. The van der Waals surface area contributed by atoms with Crippen LogP contribution in [0.25, 0.3) is 0 Å². The predicted molar refractivity (Wildman–Crippen MR) is 97.3 cm³/mol. The lowest BCUT2D eigenvalue weighted by molar-refractivity contribution is -0.152. The fourth-order valence-corrected chi connectivity index (χ4v) is 2.64. The largest absolute Gasteiger partial charge is 0.451 e. The number of benzene rings is 1. The second kappa shape index (κ2) is 8.91. The molecule has 0 saturated heterocycles. The van der Waals surface area contributed by atoms with Gasteiger partial charge < -0.3 is 15.4 Å². The van der Waals surface area contributed by atoms with E-state index in [1.165, 1.54) is 31.3 Å². The van der Waals surface area contributed by atoms with E-state index >= 15 is 0 Å². The van der Waals surface area contributed by atoms with Gasteiger partial charge in [-0.1, -0.05) is 18.2 Å². The smallest absolute Gasteiger partial charge is 0.326 e. The molecule has 0 unspecified atom stereocenters. The molecular formula is C18H18N2O5S. The van der Waals surface area contributed by atoms with Crippen LogP contribution in [0.5, 0.6) is 0 Å². The van der Waals surface area contributed by atoms with Crippen LogP contribution >= 0.6 is 11.3 Å². The molecule has 1 heterocycles. The first-order valence-corrected chi connectivity index (χ1v) is 8.68. The Labute approximate surface area is 154 Å². The molecule has 1 atom stereocenters. The van der Waals surface area contributed by atoms with E-state index in [4.69, 9.17) is 4.74 Å². The zero-order valence-corrected chi connectivity index (χ0v) is 15.1.